The number of alkyl halides is 1. The van der Waals surface area contributed by atoms with Gasteiger partial charge in [0.15, 0.2) is 0 Å². The summed E-state index contributed by atoms with van der Waals surface area (Å²) < 4.78 is 2.64. The van der Waals surface area contributed by atoms with Gasteiger partial charge < -0.3 is 0 Å². The third-order valence-corrected chi connectivity index (χ3v) is 5.18. The molecule has 2 rings (SSSR count). The Bertz CT molecular complexity index is 464. The van der Waals surface area contributed by atoms with E-state index in [9.17, 15) is 0 Å². The molecular formula is C10H8ClIS2. The number of hydrogen-bond acceptors (Lipinski definition) is 2. The van der Waals surface area contributed by atoms with Crippen molar-refractivity contribution in [2.45, 2.75) is 10.8 Å². The van der Waals surface area contributed by atoms with Gasteiger partial charge in [0.05, 0.1) is 0 Å². The molecule has 0 saturated heterocycles. The van der Waals surface area contributed by atoms with Crippen LogP contribution in [0.15, 0.2) is 22.4 Å². The molecular weight excluding hydrogens is 347 g/mol. The van der Waals surface area contributed by atoms with Gasteiger partial charge in [-0.2, -0.15) is 0 Å². The van der Waals surface area contributed by atoms with Gasteiger partial charge in [0.2, 0.25) is 0 Å². The van der Waals surface area contributed by atoms with Crippen molar-refractivity contribution in [1.82, 2.24) is 0 Å². The van der Waals surface area contributed by atoms with Gasteiger partial charge in [-0.3, -0.25) is 0 Å². The van der Waals surface area contributed by atoms with Crippen LogP contribution in [-0.2, 0) is 5.88 Å². The Morgan fingerprint density at radius 3 is 3.00 bits per heavy atom. The van der Waals surface area contributed by atoms with Crippen molar-refractivity contribution in [3.05, 3.63) is 26.6 Å². The van der Waals surface area contributed by atoms with E-state index in [0.29, 0.717) is 5.88 Å². The SMILES string of the molecule is CSc1cc(I)c(CCl)c2ccsc12. The van der Waals surface area contributed by atoms with Crippen molar-refractivity contribution in [3.8, 4) is 0 Å². The minimum Gasteiger partial charge on any atom is -0.143 e. The number of fused-ring (bicyclic) bond motifs is 1. The summed E-state index contributed by atoms with van der Waals surface area (Å²) in [5, 5.41) is 3.46. The number of hydrogen-bond donors (Lipinski definition) is 0. The second kappa shape index (κ2) is 4.60. The molecule has 0 spiro atoms. The highest BCUT2D eigenvalue weighted by Gasteiger charge is 2.10. The minimum atomic E-state index is 0.597. The highest BCUT2D eigenvalue weighted by molar-refractivity contribution is 14.1. The fourth-order valence-electron chi connectivity index (χ4n) is 1.42. The van der Waals surface area contributed by atoms with E-state index in [1.807, 2.05) is 0 Å². The molecule has 0 aliphatic heterocycles. The quantitative estimate of drug-likeness (QED) is 0.417. The number of halogens is 2. The van der Waals surface area contributed by atoms with E-state index < -0.39 is 0 Å². The lowest BCUT2D eigenvalue weighted by atomic mass is 10.1. The minimum absolute atomic E-state index is 0.597. The first-order valence-corrected chi connectivity index (χ1v) is 7.78. The number of thioether (sulfide) groups is 1. The lowest BCUT2D eigenvalue weighted by Gasteiger charge is -2.06. The molecule has 14 heavy (non-hydrogen) atoms. The van der Waals surface area contributed by atoms with E-state index in [0.717, 1.165) is 0 Å². The van der Waals surface area contributed by atoms with Crippen LogP contribution in [0.25, 0.3) is 10.1 Å². The van der Waals surface area contributed by atoms with Crippen LogP contribution in [0.4, 0.5) is 0 Å². The molecule has 1 aromatic carbocycles. The molecule has 0 aliphatic rings. The van der Waals surface area contributed by atoms with Crippen molar-refractivity contribution in [1.29, 1.82) is 0 Å². The van der Waals surface area contributed by atoms with Crippen LogP contribution >= 0.6 is 57.3 Å². The summed E-state index contributed by atoms with van der Waals surface area (Å²) in [6.45, 7) is 0. The summed E-state index contributed by atoms with van der Waals surface area (Å²) in [6, 6.07) is 4.39. The van der Waals surface area contributed by atoms with Gasteiger partial charge in [-0.1, -0.05) is 0 Å². The maximum atomic E-state index is 5.96. The summed E-state index contributed by atoms with van der Waals surface area (Å²) in [6.07, 6.45) is 2.12. The molecule has 0 radical (unpaired) electrons. The molecule has 74 valence electrons. The van der Waals surface area contributed by atoms with Crippen LogP contribution in [0, 0.1) is 3.57 Å². The molecule has 0 saturated carbocycles. The highest BCUT2D eigenvalue weighted by atomic mass is 127. The standard InChI is InChI=1S/C10H8ClIS2/c1-13-9-4-8(12)7(5-11)6-2-3-14-10(6)9/h2-4H,5H2,1H3. The normalized spacial score (nSPS) is 11.1. The summed E-state index contributed by atoms with van der Waals surface area (Å²) in [5.41, 5.74) is 1.27. The molecule has 2 aromatic rings. The zero-order valence-electron chi connectivity index (χ0n) is 7.51. The number of thiophene rings is 1. The number of rotatable bonds is 2. The van der Waals surface area contributed by atoms with Crippen LogP contribution in [-0.4, -0.2) is 6.26 Å². The van der Waals surface area contributed by atoms with Gasteiger partial charge in [0, 0.05) is 19.0 Å². The zero-order valence-corrected chi connectivity index (χ0v) is 12.1. The third kappa shape index (κ3) is 1.79. The first-order valence-electron chi connectivity index (χ1n) is 4.06. The van der Waals surface area contributed by atoms with E-state index in [2.05, 4.69) is 46.4 Å². The average molecular weight is 355 g/mol. The van der Waals surface area contributed by atoms with Crippen LogP contribution in [0.2, 0.25) is 0 Å². The summed E-state index contributed by atoms with van der Waals surface area (Å²) in [5.74, 6) is 0.597. The topological polar surface area (TPSA) is 0 Å². The second-order valence-corrected chi connectivity index (χ2v) is 6.03. The van der Waals surface area contributed by atoms with E-state index in [4.69, 9.17) is 11.6 Å². The molecule has 0 fully saturated rings. The summed E-state index contributed by atoms with van der Waals surface area (Å²) in [7, 11) is 0. The van der Waals surface area contributed by atoms with Crippen LogP contribution in [0.3, 0.4) is 0 Å². The zero-order chi connectivity index (χ0) is 10.1. The molecule has 4 heteroatoms. The first kappa shape index (κ1) is 11.0. The largest absolute Gasteiger partial charge is 0.143 e. The maximum Gasteiger partial charge on any atom is 0.0491 e. The fourth-order valence-corrected chi connectivity index (χ4v) is 4.70. The Morgan fingerprint density at radius 2 is 2.36 bits per heavy atom. The fraction of sp³-hybridized carbons (Fsp3) is 0.200. The Labute approximate surface area is 110 Å². The van der Waals surface area contributed by atoms with E-state index >= 15 is 0 Å². The van der Waals surface area contributed by atoms with Gasteiger partial charge in [0.25, 0.3) is 0 Å². The van der Waals surface area contributed by atoms with Crippen molar-refractivity contribution in [2.75, 3.05) is 6.26 Å². The molecule has 0 atom stereocenters. The summed E-state index contributed by atoms with van der Waals surface area (Å²) >= 11 is 11.9. The molecule has 1 heterocycles. The molecule has 0 amide bonds. The highest BCUT2D eigenvalue weighted by Crippen LogP contribution is 2.36. The van der Waals surface area contributed by atoms with Crippen molar-refractivity contribution in [2.24, 2.45) is 0 Å². The van der Waals surface area contributed by atoms with E-state index in [1.165, 1.54) is 24.1 Å². The smallest absolute Gasteiger partial charge is 0.0491 e. The van der Waals surface area contributed by atoms with Gasteiger partial charge in [-0.05, 0) is 57.3 Å². The van der Waals surface area contributed by atoms with Crippen LogP contribution in [0.5, 0.6) is 0 Å². The maximum absolute atomic E-state index is 5.96. The molecule has 0 unspecified atom stereocenters. The number of benzene rings is 1. The van der Waals surface area contributed by atoms with Crippen molar-refractivity contribution in [3.63, 3.8) is 0 Å². The van der Waals surface area contributed by atoms with E-state index in [-0.39, 0.29) is 0 Å². The van der Waals surface area contributed by atoms with Gasteiger partial charge >= 0.3 is 0 Å². The molecule has 0 bridgehead atoms. The lowest BCUT2D eigenvalue weighted by Crippen LogP contribution is -1.86. The van der Waals surface area contributed by atoms with E-state index in [1.54, 1.807) is 23.1 Å². The van der Waals surface area contributed by atoms with Crippen LogP contribution < -0.4 is 0 Å². The Hall–Kier alpha value is 0.550. The van der Waals surface area contributed by atoms with Gasteiger partial charge in [-0.25, -0.2) is 0 Å². The van der Waals surface area contributed by atoms with Gasteiger partial charge in [-0.15, -0.1) is 34.7 Å². The van der Waals surface area contributed by atoms with Crippen LogP contribution in [0.1, 0.15) is 5.56 Å². The van der Waals surface area contributed by atoms with Gasteiger partial charge in [0.1, 0.15) is 0 Å². The summed E-state index contributed by atoms with van der Waals surface area (Å²) in [4.78, 5) is 1.35. The molecule has 1 aromatic heterocycles. The Balaban J connectivity index is 2.81. The Morgan fingerprint density at radius 1 is 1.57 bits per heavy atom. The molecule has 0 nitrogen and oxygen atoms in total. The monoisotopic (exact) mass is 354 g/mol. The average Bonchev–Trinajstić information content (AvgIpc) is 2.65. The predicted molar refractivity (Wildman–Crippen MR) is 75.9 cm³/mol. The first-order chi connectivity index (χ1) is 6.77. The lowest BCUT2D eigenvalue weighted by molar-refractivity contribution is 1.38. The predicted octanol–water partition coefficient (Wildman–Crippen LogP) is 4.97. The second-order valence-electron chi connectivity index (χ2n) is 2.84. The Kier molecular flexibility index (Phi) is 3.63. The molecule has 0 N–H and O–H groups in total. The van der Waals surface area contributed by atoms with Crippen molar-refractivity contribution >= 4 is 67.4 Å². The molecule has 0 aliphatic carbocycles. The van der Waals surface area contributed by atoms with Crippen molar-refractivity contribution < 1.29 is 0 Å². The third-order valence-electron chi connectivity index (χ3n) is 2.11.